The number of fused-ring (bicyclic) bond motifs is 2. The van der Waals surface area contributed by atoms with Gasteiger partial charge >= 0.3 is 5.97 Å². The zero-order valence-corrected chi connectivity index (χ0v) is 11.2. The van der Waals surface area contributed by atoms with Gasteiger partial charge in [0.05, 0.1) is 11.7 Å². The average molecular weight is 271 g/mol. The summed E-state index contributed by atoms with van der Waals surface area (Å²) >= 11 is 0. The monoisotopic (exact) mass is 271 g/mol. The van der Waals surface area contributed by atoms with Gasteiger partial charge in [-0.15, -0.1) is 0 Å². The lowest BCUT2D eigenvalue weighted by molar-refractivity contribution is 0.0699. The summed E-state index contributed by atoms with van der Waals surface area (Å²) in [6, 6.07) is 3.99. The molecule has 2 aromatic rings. The fourth-order valence-corrected chi connectivity index (χ4v) is 3.78. The Morgan fingerprint density at radius 3 is 2.75 bits per heavy atom. The van der Waals surface area contributed by atoms with Gasteiger partial charge in [-0.2, -0.15) is 5.10 Å². The van der Waals surface area contributed by atoms with E-state index in [1.165, 1.54) is 25.5 Å². The highest BCUT2D eigenvalue weighted by Crippen LogP contribution is 2.39. The molecule has 0 unspecified atom stereocenters. The first-order valence-corrected chi connectivity index (χ1v) is 7.18. The highest BCUT2D eigenvalue weighted by Gasteiger charge is 2.36. The number of hydrogen-bond acceptors (Lipinski definition) is 3. The summed E-state index contributed by atoms with van der Waals surface area (Å²) in [6.45, 7) is 2.22. The highest BCUT2D eigenvalue weighted by molar-refractivity contribution is 5.95. The summed E-state index contributed by atoms with van der Waals surface area (Å²) in [4.78, 5) is 13.6. The molecule has 20 heavy (non-hydrogen) atoms. The van der Waals surface area contributed by atoms with Crippen molar-refractivity contribution in [3.8, 4) is 0 Å². The molecule has 1 aliphatic heterocycles. The minimum atomic E-state index is -0.921. The Bertz CT molecular complexity index is 667. The van der Waals surface area contributed by atoms with E-state index in [-0.39, 0.29) is 5.56 Å². The van der Waals surface area contributed by atoms with Crippen molar-refractivity contribution in [2.75, 3.05) is 18.0 Å². The number of pyridine rings is 1. The second kappa shape index (κ2) is 4.23. The molecule has 2 aliphatic rings. The molecule has 0 aromatic carbocycles. The van der Waals surface area contributed by atoms with Gasteiger partial charge in [0.2, 0.25) is 0 Å². The van der Waals surface area contributed by atoms with Crippen molar-refractivity contribution in [2.24, 2.45) is 11.8 Å². The standard InChI is InChI=1S/C15H17N3O2/c19-15(20)13-7-16-18-5-4-12(6-14(13)18)17-8-10-2-1-3-11(10)9-17/h4-7,10-11H,1-3,8-9H2,(H,19,20)/t10-,11+. The maximum atomic E-state index is 11.2. The van der Waals surface area contributed by atoms with Crippen molar-refractivity contribution in [1.29, 1.82) is 0 Å². The van der Waals surface area contributed by atoms with E-state index in [1.54, 1.807) is 4.52 Å². The van der Waals surface area contributed by atoms with Crippen LogP contribution in [0.5, 0.6) is 0 Å². The summed E-state index contributed by atoms with van der Waals surface area (Å²) in [6.07, 6.45) is 7.33. The van der Waals surface area contributed by atoms with Crippen LogP contribution in [0.25, 0.3) is 5.52 Å². The molecule has 1 N–H and O–H groups in total. The third kappa shape index (κ3) is 1.69. The van der Waals surface area contributed by atoms with Gasteiger partial charge in [0.25, 0.3) is 0 Å². The fourth-order valence-electron chi connectivity index (χ4n) is 3.78. The van der Waals surface area contributed by atoms with E-state index in [0.29, 0.717) is 5.52 Å². The molecule has 4 rings (SSSR count). The first-order valence-electron chi connectivity index (χ1n) is 7.18. The number of nitrogens with zero attached hydrogens (tertiary/aromatic N) is 3. The van der Waals surface area contributed by atoms with Crippen LogP contribution in [0.15, 0.2) is 24.5 Å². The van der Waals surface area contributed by atoms with Crippen molar-refractivity contribution >= 4 is 17.2 Å². The smallest absolute Gasteiger partial charge is 0.339 e. The predicted molar refractivity (Wildman–Crippen MR) is 75.2 cm³/mol. The van der Waals surface area contributed by atoms with Crippen molar-refractivity contribution in [2.45, 2.75) is 19.3 Å². The van der Waals surface area contributed by atoms with Crippen LogP contribution in [0.1, 0.15) is 29.6 Å². The summed E-state index contributed by atoms with van der Waals surface area (Å²) in [5, 5.41) is 13.3. The molecule has 1 aliphatic carbocycles. The van der Waals surface area contributed by atoms with E-state index in [0.717, 1.165) is 30.6 Å². The van der Waals surface area contributed by atoms with E-state index < -0.39 is 5.97 Å². The normalized spacial score (nSPS) is 25.3. The molecular formula is C15H17N3O2. The second-order valence-corrected chi connectivity index (χ2v) is 5.93. The highest BCUT2D eigenvalue weighted by atomic mass is 16.4. The molecule has 2 aromatic heterocycles. The van der Waals surface area contributed by atoms with Gasteiger partial charge < -0.3 is 10.0 Å². The molecular weight excluding hydrogens is 254 g/mol. The average Bonchev–Trinajstić information content (AvgIpc) is 3.11. The van der Waals surface area contributed by atoms with Crippen LogP contribution in [0, 0.1) is 11.8 Å². The third-order valence-corrected chi connectivity index (χ3v) is 4.83. The van der Waals surface area contributed by atoms with Gasteiger partial charge in [-0.05, 0) is 36.8 Å². The van der Waals surface area contributed by atoms with Crippen LogP contribution in [0.4, 0.5) is 5.69 Å². The maximum Gasteiger partial charge on any atom is 0.339 e. The molecule has 2 fully saturated rings. The van der Waals surface area contributed by atoms with E-state index in [1.807, 2.05) is 18.3 Å². The van der Waals surface area contributed by atoms with Crippen LogP contribution in [0.2, 0.25) is 0 Å². The molecule has 5 heteroatoms. The molecule has 0 radical (unpaired) electrons. The second-order valence-electron chi connectivity index (χ2n) is 5.93. The van der Waals surface area contributed by atoms with E-state index in [4.69, 9.17) is 0 Å². The Labute approximate surface area is 116 Å². The van der Waals surface area contributed by atoms with Crippen LogP contribution in [-0.2, 0) is 0 Å². The number of carboxylic acid groups (broad SMARTS) is 1. The number of carbonyl (C=O) groups is 1. The van der Waals surface area contributed by atoms with Gasteiger partial charge in [0.1, 0.15) is 5.56 Å². The van der Waals surface area contributed by atoms with E-state index in [2.05, 4.69) is 10.00 Å². The van der Waals surface area contributed by atoms with Crippen LogP contribution >= 0.6 is 0 Å². The summed E-state index contributed by atoms with van der Waals surface area (Å²) in [7, 11) is 0. The summed E-state index contributed by atoms with van der Waals surface area (Å²) < 4.78 is 1.63. The number of aromatic carboxylic acids is 1. The van der Waals surface area contributed by atoms with Crippen LogP contribution in [-0.4, -0.2) is 33.8 Å². The number of carboxylic acids is 1. The van der Waals surface area contributed by atoms with Gasteiger partial charge in [-0.1, -0.05) is 6.42 Å². The van der Waals surface area contributed by atoms with Gasteiger partial charge in [-0.25, -0.2) is 9.31 Å². The Kier molecular flexibility index (Phi) is 2.49. The molecule has 0 amide bonds. The molecule has 3 heterocycles. The summed E-state index contributed by atoms with van der Waals surface area (Å²) in [5.41, 5.74) is 2.06. The van der Waals surface area contributed by atoms with Gasteiger partial charge in [0.15, 0.2) is 0 Å². The molecule has 104 valence electrons. The Morgan fingerprint density at radius 1 is 1.30 bits per heavy atom. The largest absolute Gasteiger partial charge is 0.478 e. The van der Waals surface area contributed by atoms with Crippen molar-refractivity contribution in [3.05, 3.63) is 30.1 Å². The molecule has 1 saturated heterocycles. The summed E-state index contributed by atoms with van der Waals surface area (Å²) in [5.74, 6) is 0.737. The zero-order valence-electron chi connectivity index (χ0n) is 11.2. The van der Waals surface area contributed by atoms with E-state index >= 15 is 0 Å². The van der Waals surface area contributed by atoms with Gasteiger partial charge in [-0.3, -0.25) is 0 Å². The number of hydrogen-bond donors (Lipinski definition) is 1. The Balaban J connectivity index is 1.70. The first kappa shape index (κ1) is 11.8. The van der Waals surface area contributed by atoms with Crippen molar-refractivity contribution in [1.82, 2.24) is 9.61 Å². The topological polar surface area (TPSA) is 57.8 Å². The van der Waals surface area contributed by atoms with Crippen LogP contribution in [0.3, 0.4) is 0 Å². The minimum Gasteiger partial charge on any atom is -0.478 e. The van der Waals surface area contributed by atoms with Crippen molar-refractivity contribution in [3.63, 3.8) is 0 Å². The molecule has 0 bridgehead atoms. The molecule has 2 atom stereocenters. The lowest BCUT2D eigenvalue weighted by atomic mass is 10.0. The number of aromatic nitrogens is 2. The van der Waals surface area contributed by atoms with E-state index in [9.17, 15) is 9.90 Å². The van der Waals surface area contributed by atoms with Gasteiger partial charge in [0, 0.05) is 25.0 Å². The minimum absolute atomic E-state index is 0.270. The lowest BCUT2D eigenvalue weighted by Crippen LogP contribution is -2.20. The molecule has 5 nitrogen and oxygen atoms in total. The maximum absolute atomic E-state index is 11.2. The van der Waals surface area contributed by atoms with Crippen LogP contribution < -0.4 is 4.90 Å². The lowest BCUT2D eigenvalue weighted by Gasteiger charge is -2.19. The SMILES string of the molecule is O=C(O)c1cnn2ccc(N3C[C@H]4CCC[C@H]4C3)cc12. The zero-order chi connectivity index (χ0) is 13.7. The third-order valence-electron chi connectivity index (χ3n) is 4.83. The molecule has 1 saturated carbocycles. The predicted octanol–water partition coefficient (Wildman–Crippen LogP) is 2.27. The number of anilines is 1. The van der Waals surface area contributed by atoms with Crippen molar-refractivity contribution < 1.29 is 9.90 Å². The number of rotatable bonds is 2. The first-order chi connectivity index (χ1) is 9.72. The molecule has 0 spiro atoms. The quantitative estimate of drug-likeness (QED) is 0.910. The fraction of sp³-hybridized carbons (Fsp3) is 0.467. The Hall–Kier alpha value is -2.04. The Morgan fingerprint density at radius 2 is 2.05 bits per heavy atom.